The summed E-state index contributed by atoms with van der Waals surface area (Å²) in [5.41, 5.74) is 6.08. The predicted octanol–water partition coefficient (Wildman–Crippen LogP) is 3.91. The van der Waals surface area contributed by atoms with Gasteiger partial charge in [-0.1, -0.05) is 40.5 Å². The molecule has 0 fully saturated rings. The van der Waals surface area contributed by atoms with E-state index < -0.39 is 0 Å². The Morgan fingerprint density at radius 1 is 1.18 bits per heavy atom. The molecule has 22 heavy (non-hydrogen) atoms. The third kappa shape index (κ3) is 10.6. The molecule has 4 nitrogen and oxygen atoms in total. The number of nitrogens with zero attached hydrogens (tertiary/aromatic N) is 1. The second-order valence-corrected chi connectivity index (χ2v) is 6.75. The normalized spacial score (nSPS) is 13.9. The van der Waals surface area contributed by atoms with Gasteiger partial charge in [0, 0.05) is 19.2 Å². The maximum absolute atomic E-state index is 9.22. The number of aliphatic imine (C=N–C) groups is 1. The second-order valence-electron chi connectivity index (χ2n) is 6.75. The maximum atomic E-state index is 9.22. The van der Waals surface area contributed by atoms with Crippen LogP contribution in [0.15, 0.2) is 4.99 Å². The Labute approximate surface area is 154 Å². The molecule has 1 atom stereocenters. The number of aliphatic hydroxyl groups excluding tert-OH is 1. The van der Waals surface area contributed by atoms with Crippen molar-refractivity contribution < 1.29 is 5.11 Å². The van der Waals surface area contributed by atoms with Gasteiger partial charge in [0.1, 0.15) is 0 Å². The van der Waals surface area contributed by atoms with Gasteiger partial charge in [-0.25, -0.2) is 0 Å². The van der Waals surface area contributed by atoms with Crippen LogP contribution < -0.4 is 11.1 Å². The quantitative estimate of drug-likeness (QED) is 0.266. The zero-order valence-corrected chi connectivity index (χ0v) is 17.5. The highest BCUT2D eigenvalue weighted by Gasteiger charge is 2.25. The molecular weight excluding hydrogens is 389 g/mol. The van der Waals surface area contributed by atoms with E-state index in [1.54, 1.807) is 0 Å². The molecule has 0 bridgehead atoms. The zero-order valence-electron chi connectivity index (χ0n) is 15.2. The van der Waals surface area contributed by atoms with E-state index in [-0.39, 0.29) is 36.0 Å². The first kappa shape index (κ1) is 24.2. The average molecular weight is 427 g/mol. The molecular formula is C17H38IN3O. The van der Waals surface area contributed by atoms with E-state index in [9.17, 15) is 5.11 Å². The molecule has 0 aromatic carbocycles. The molecule has 0 aliphatic carbocycles. The lowest BCUT2D eigenvalue weighted by Crippen LogP contribution is -2.39. The van der Waals surface area contributed by atoms with E-state index in [1.165, 1.54) is 12.8 Å². The first-order valence-electron chi connectivity index (χ1n) is 8.56. The van der Waals surface area contributed by atoms with E-state index in [0.29, 0.717) is 18.5 Å². The molecule has 134 valence electrons. The highest BCUT2D eigenvalue weighted by molar-refractivity contribution is 14.0. The molecule has 0 rings (SSSR count). The van der Waals surface area contributed by atoms with Crippen LogP contribution in [0.2, 0.25) is 0 Å². The van der Waals surface area contributed by atoms with Gasteiger partial charge in [-0.2, -0.15) is 0 Å². The van der Waals surface area contributed by atoms with Crippen LogP contribution in [0.1, 0.15) is 73.1 Å². The van der Waals surface area contributed by atoms with Crippen molar-refractivity contribution in [2.24, 2.45) is 22.1 Å². The fraction of sp³-hybridized carbons (Fsp3) is 0.941. The van der Waals surface area contributed by atoms with Crippen LogP contribution in [0.3, 0.4) is 0 Å². The van der Waals surface area contributed by atoms with E-state index in [2.05, 4.69) is 44.9 Å². The van der Waals surface area contributed by atoms with Crippen LogP contribution in [-0.4, -0.2) is 30.3 Å². The van der Waals surface area contributed by atoms with E-state index in [0.717, 1.165) is 31.6 Å². The van der Waals surface area contributed by atoms with Gasteiger partial charge in [-0.05, 0) is 43.9 Å². The smallest absolute Gasteiger partial charge is 0.188 e. The first-order chi connectivity index (χ1) is 9.89. The van der Waals surface area contributed by atoms with Gasteiger partial charge in [0.25, 0.3) is 0 Å². The van der Waals surface area contributed by atoms with Crippen LogP contribution in [0.4, 0.5) is 0 Å². The summed E-state index contributed by atoms with van der Waals surface area (Å²) < 4.78 is 0. The molecule has 0 heterocycles. The average Bonchev–Trinajstić information content (AvgIpc) is 2.43. The summed E-state index contributed by atoms with van der Waals surface area (Å²) in [4.78, 5) is 4.51. The Balaban J connectivity index is 0. The number of halogens is 1. The SMILES string of the molecule is CCC(CC)(CCO)CN=C(N)NC(C)CCCC(C)C.I. The molecule has 1 unspecified atom stereocenters. The number of hydrogen-bond acceptors (Lipinski definition) is 2. The van der Waals surface area contributed by atoms with Crippen molar-refractivity contribution in [3.8, 4) is 0 Å². The van der Waals surface area contributed by atoms with Gasteiger partial charge in [0.05, 0.1) is 0 Å². The Morgan fingerprint density at radius 3 is 2.23 bits per heavy atom. The summed E-state index contributed by atoms with van der Waals surface area (Å²) in [7, 11) is 0. The van der Waals surface area contributed by atoms with Crippen molar-refractivity contribution in [2.45, 2.75) is 79.2 Å². The maximum Gasteiger partial charge on any atom is 0.188 e. The molecule has 0 saturated heterocycles. The minimum Gasteiger partial charge on any atom is -0.396 e. The summed E-state index contributed by atoms with van der Waals surface area (Å²) in [6, 6.07) is 0.364. The first-order valence-corrected chi connectivity index (χ1v) is 8.56. The standard InChI is InChI=1S/C17H37N3O.HI/c1-6-17(7-2,11-12-21)13-19-16(18)20-15(5)10-8-9-14(3)4;/h14-15,21H,6-13H2,1-5H3,(H3,18,19,20);1H. The third-order valence-corrected chi connectivity index (χ3v) is 4.54. The van der Waals surface area contributed by atoms with Crippen molar-refractivity contribution >= 4 is 29.9 Å². The van der Waals surface area contributed by atoms with Gasteiger partial charge >= 0.3 is 0 Å². The van der Waals surface area contributed by atoms with Gasteiger partial charge in [0.2, 0.25) is 0 Å². The zero-order chi connectivity index (χ0) is 16.3. The number of nitrogens with two attached hydrogens (primary N) is 1. The third-order valence-electron chi connectivity index (χ3n) is 4.54. The minimum absolute atomic E-state index is 0. The molecule has 0 aliphatic heterocycles. The van der Waals surface area contributed by atoms with Crippen LogP contribution in [0.25, 0.3) is 0 Å². The monoisotopic (exact) mass is 427 g/mol. The number of rotatable bonds is 11. The van der Waals surface area contributed by atoms with Crippen LogP contribution in [0, 0.1) is 11.3 Å². The molecule has 0 aliphatic rings. The molecule has 0 saturated carbocycles. The number of nitrogens with one attached hydrogen (secondary N) is 1. The molecule has 0 aromatic rings. The second kappa shape index (κ2) is 13.4. The van der Waals surface area contributed by atoms with Crippen LogP contribution in [-0.2, 0) is 0 Å². The lowest BCUT2D eigenvalue weighted by molar-refractivity contribution is 0.175. The fourth-order valence-electron chi connectivity index (χ4n) is 2.60. The van der Waals surface area contributed by atoms with E-state index in [4.69, 9.17) is 5.73 Å². The number of guanidine groups is 1. The summed E-state index contributed by atoms with van der Waals surface area (Å²) >= 11 is 0. The highest BCUT2D eigenvalue weighted by Crippen LogP contribution is 2.30. The molecule has 0 amide bonds. The predicted molar refractivity (Wildman–Crippen MR) is 108 cm³/mol. The Hall–Kier alpha value is -0.0400. The summed E-state index contributed by atoms with van der Waals surface area (Å²) in [6.45, 7) is 11.9. The van der Waals surface area contributed by atoms with Crippen LogP contribution >= 0.6 is 24.0 Å². The lowest BCUT2D eigenvalue weighted by atomic mass is 9.79. The minimum atomic E-state index is 0. The fourth-order valence-corrected chi connectivity index (χ4v) is 2.60. The topological polar surface area (TPSA) is 70.6 Å². The van der Waals surface area contributed by atoms with Crippen molar-refractivity contribution in [3.05, 3.63) is 0 Å². The Morgan fingerprint density at radius 2 is 1.77 bits per heavy atom. The van der Waals surface area contributed by atoms with Crippen LogP contribution in [0.5, 0.6) is 0 Å². The summed E-state index contributed by atoms with van der Waals surface area (Å²) in [5, 5.41) is 12.5. The molecule has 4 N–H and O–H groups in total. The van der Waals surface area contributed by atoms with Gasteiger partial charge in [-0.3, -0.25) is 4.99 Å². The molecule has 0 spiro atoms. The largest absolute Gasteiger partial charge is 0.396 e. The van der Waals surface area contributed by atoms with Gasteiger partial charge in [0.15, 0.2) is 5.96 Å². The van der Waals surface area contributed by atoms with Crippen molar-refractivity contribution in [2.75, 3.05) is 13.2 Å². The molecule has 5 heteroatoms. The number of hydrogen-bond donors (Lipinski definition) is 3. The van der Waals surface area contributed by atoms with Gasteiger partial charge < -0.3 is 16.2 Å². The molecule has 0 radical (unpaired) electrons. The Bertz CT molecular complexity index is 292. The molecule has 0 aromatic heterocycles. The Kier molecular flexibility index (Phi) is 14.8. The van der Waals surface area contributed by atoms with Crippen molar-refractivity contribution in [1.82, 2.24) is 5.32 Å². The van der Waals surface area contributed by atoms with Crippen molar-refractivity contribution in [1.29, 1.82) is 0 Å². The highest BCUT2D eigenvalue weighted by atomic mass is 127. The lowest BCUT2D eigenvalue weighted by Gasteiger charge is -2.29. The van der Waals surface area contributed by atoms with Crippen molar-refractivity contribution in [3.63, 3.8) is 0 Å². The van der Waals surface area contributed by atoms with E-state index in [1.807, 2.05) is 0 Å². The van der Waals surface area contributed by atoms with E-state index >= 15 is 0 Å². The van der Waals surface area contributed by atoms with Gasteiger partial charge in [-0.15, -0.1) is 24.0 Å². The summed E-state index contributed by atoms with van der Waals surface area (Å²) in [5.74, 6) is 1.30. The number of aliphatic hydroxyl groups is 1. The summed E-state index contributed by atoms with van der Waals surface area (Å²) in [6.07, 6.45) is 6.43.